The minimum absolute atomic E-state index is 0.245. The summed E-state index contributed by atoms with van der Waals surface area (Å²) in [5.74, 6) is 0.522. The van der Waals surface area contributed by atoms with Crippen LogP contribution in [0.4, 0.5) is 5.69 Å². The fourth-order valence-corrected chi connectivity index (χ4v) is 1.42. The zero-order chi connectivity index (χ0) is 13.5. The molecule has 0 fully saturated rings. The number of anilines is 1. The number of likely N-dealkylation sites (N-methyl/N-ethyl adjacent to an activating group) is 1. The maximum absolute atomic E-state index is 11.3. The van der Waals surface area contributed by atoms with Gasteiger partial charge in [0.2, 0.25) is 0 Å². The second-order valence-electron chi connectivity index (χ2n) is 4.10. The van der Waals surface area contributed by atoms with Gasteiger partial charge in [0.05, 0.1) is 7.11 Å². The minimum atomic E-state index is -0.273. The van der Waals surface area contributed by atoms with Gasteiger partial charge in [-0.05, 0) is 38.2 Å². The maximum Gasteiger partial charge on any atom is 0.322 e. The molecule has 1 unspecified atom stereocenters. The number of benzene rings is 1. The number of nitrogens with two attached hydrogens (primary N) is 1. The molecule has 0 aliphatic carbocycles. The van der Waals surface area contributed by atoms with Crippen LogP contribution in [-0.2, 0) is 9.53 Å². The Labute approximate surface area is 107 Å². The third kappa shape index (κ3) is 4.25. The molecular weight excluding hydrogens is 232 g/mol. The number of ether oxygens (including phenoxy) is 2. The number of hydrogen-bond acceptors (Lipinski definition) is 5. The van der Waals surface area contributed by atoms with Crippen molar-refractivity contribution < 1.29 is 14.3 Å². The Bertz CT molecular complexity index is 378. The molecule has 1 aromatic rings. The van der Waals surface area contributed by atoms with Crippen molar-refractivity contribution in [2.75, 3.05) is 33.0 Å². The van der Waals surface area contributed by atoms with E-state index in [1.165, 1.54) is 7.11 Å². The van der Waals surface area contributed by atoms with Crippen molar-refractivity contribution in [1.82, 2.24) is 4.90 Å². The number of hydrogen-bond donors (Lipinski definition) is 1. The van der Waals surface area contributed by atoms with E-state index in [1.54, 1.807) is 19.1 Å². The quantitative estimate of drug-likeness (QED) is 0.607. The Morgan fingerprint density at radius 1 is 1.39 bits per heavy atom. The van der Waals surface area contributed by atoms with Crippen LogP contribution in [0.15, 0.2) is 24.3 Å². The lowest BCUT2D eigenvalue weighted by Gasteiger charge is -2.22. The second-order valence-corrected chi connectivity index (χ2v) is 4.10. The Kier molecular flexibility index (Phi) is 5.45. The molecule has 0 amide bonds. The van der Waals surface area contributed by atoms with Gasteiger partial charge in [0.1, 0.15) is 18.4 Å². The van der Waals surface area contributed by atoms with Crippen molar-refractivity contribution in [3.8, 4) is 5.75 Å². The maximum atomic E-state index is 11.3. The normalized spacial score (nSPS) is 12.2. The van der Waals surface area contributed by atoms with E-state index in [1.807, 2.05) is 24.1 Å². The van der Waals surface area contributed by atoms with Crippen molar-refractivity contribution in [2.24, 2.45) is 0 Å². The summed E-state index contributed by atoms with van der Waals surface area (Å²) in [6.07, 6.45) is 0. The molecule has 0 heterocycles. The van der Waals surface area contributed by atoms with E-state index in [-0.39, 0.29) is 12.0 Å². The van der Waals surface area contributed by atoms with Crippen LogP contribution in [-0.4, -0.2) is 44.2 Å². The topological polar surface area (TPSA) is 64.8 Å². The summed E-state index contributed by atoms with van der Waals surface area (Å²) in [4.78, 5) is 13.2. The van der Waals surface area contributed by atoms with E-state index >= 15 is 0 Å². The van der Waals surface area contributed by atoms with Crippen LogP contribution in [0, 0.1) is 0 Å². The molecule has 5 nitrogen and oxygen atoms in total. The molecule has 0 aliphatic heterocycles. The molecule has 0 saturated heterocycles. The van der Waals surface area contributed by atoms with E-state index in [0.717, 1.165) is 5.75 Å². The third-order valence-corrected chi connectivity index (χ3v) is 2.80. The number of methoxy groups -OCH3 is 1. The molecule has 18 heavy (non-hydrogen) atoms. The third-order valence-electron chi connectivity index (χ3n) is 2.80. The van der Waals surface area contributed by atoms with E-state index in [4.69, 9.17) is 10.5 Å². The summed E-state index contributed by atoms with van der Waals surface area (Å²) in [6.45, 7) is 2.94. The average Bonchev–Trinajstić information content (AvgIpc) is 2.39. The van der Waals surface area contributed by atoms with Gasteiger partial charge in [-0.2, -0.15) is 0 Å². The molecule has 1 rings (SSSR count). The van der Waals surface area contributed by atoms with Crippen molar-refractivity contribution in [2.45, 2.75) is 13.0 Å². The highest BCUT2D eigenvalue weighted by atomic mass is 16.5. The van der Waals surface area contributed by atoms with Gasteiger partial charge in [0.25, 0.3) is 0 Å². The van der Waals surface area contributed by atoms with E-state index in [9.17, 15) is 4.79 Å². The van der Waals surface area contributed by atoms with Gasteiger partial charge in [-0.25, -0.2) is 0 Å². The number of carbonyl (C=O) groups is 1. The lowest BCUT2D eigenvalue weighted by atomic mass is 10.3. The van der Waals surface area contributed by atoms with Gasteiger partial charge in [-0.15, -0.1) is 0 Å². The molecule has 0 saturated carbocycles. The highest BCUT2D eigenvalue weighted by Gasteiger charge is 2.17. The fourth-order valence-electron chi connectivity index (χ4n) is 1.42. The van der Waals surface area contributed by atoms with E-state index in [2.05, 4.69) is 4.74 Å². The van der Waals surface area contributed by atoms with Crippen molar-refractivity contribution in [1.29, 1.82) is 0 Å². The standard InChI is InChI=1S/C13H20N2O3/c1-10(13(16)17-3)15(2)8-9-18-12-6-4-11(14)5-7-12/h4-7,10H,8-9,14H2,1-3H3. The van der Waals surface area contributed by atoms with Crippen LogP contribution in [0.25, 0.3) is 0 Å². The van der Waals surface area contributed by atoms with Crippen molar-refractivity contribution >= 4 is 11.7 Å². The molecule has 1 atom stereocenters. The molecule has 100 valence electrons. The van der Waals surface area contributed by atoms with Crippen LogP contribution < -0.4 is 10.5 Å². The Hall–Kier alpha value is -1.75. The zero-order valence-corrected chi connectivity index (χ0v) is 11.1. The molecular formula is C13H20N2O3. The molecule has 2 N–H and O–H groups in total. The van der Waals surface area contributed by atoms with Crippen LogP contribution >= 0.6 is 0 Å². The second kappa shape index (κ2) is 6.86. The van der Waals surface area contributed by atoms with Crippen molar-refractivity contribution in [3.05, 3.63) is 24.3 Å². The van der Waals surface area contributed by atoms with Gasteiger partial charge < -0.3 is 15.2 Å². The molecule has 0 bridgehead atoms. The Balaban J connectivity index is 2.33. The number of carbonyl (C=O) groups excluding carboxylic acids is 1. The zero-order valence-electron chi connectivity index (χ0n) is 11.1. The highest BCUT2D eigenvalue weighted by molar-refractivity contribution is 5.75. The first-order chi connectivity index (χ1) is 8.54. The average molecular weight is 252 g/mol. The largest absolute Gasteiger partial charge is 0.492 e. The van der Waals surface area contributed by atoms with Gasteiger partial charge in [-0.3, -0.25) is 9.69 Å². The summed E-state index contributed by atoms with van der Waals surface area (Å²) < 4.78 is 10.2. The molecule has 5 heteroatoms. The summed E-state index contributed by atoms with van der Waals surface area (Å²) in [6, 6.07) is 6.94. The lowest BCUT2D eigenvalue weighted by Crippen LogP contribution is -2.39. The monoisotopic (exact) mass is 252 g/mol. The summed E-state index contributed by atoms with van der Waals surface area (Å²) in [5, 5.41) is 0. The fraction of sp³-hybridized carbons (Fsp3) is 0.462. The number of nitrogen functional groups attached to an aromatic ring is 1. The van der Waals surface area contributed by atoms with Crippen LogP contribution in [0.1, 0.15) is 6.92 Å². The van der Waals surface area contributed by atoms with Gasteiger partial charge in [0, 0.05) is 12.2 Å². The smallest absolute Gasteiger partial charge is 0.322 e. The summed E-state index contributed by atoms with van der Waals surface area (Å²) >= 11 is 0. The molecule has 1 aromatic carbocycles. The summed E-state index contributed by atoms with van der Waals surface area (Å²) in [5.41, 5.74) is 6.28. The Morgan fingerprint density at radius 3 is 2.56 bits per heavy atom. The van der Waals surface area contributed by atoms with E-state index < -0.39 is 0 Å². The van der Waals surface area contributed by atoms with Crippen LogP contribution in [0.2, 0.25) is 0 Å². The number of rotatable bonds is 6. The summed E-state index contributed by atoms with van der Waals surface area (Å²) in [7, 11) is 3.24. The lowest BCUT2D eigenvalue weighted by molar-refractivity contribution is -0.145. The Morgan fingerprint density at radius 2 is 2.00 bits per heavy atom. The van der Waals surface area contributed by atoms with E-state index in [0.29, 0.717) is 18.8 Å². The first-order valence-corrected chi connectivity index (χ1v) is 5.81. The SMILES string of the molecule is COC(=O)C(C)N(C)CCOc1ccc(N)cc1. The number of esters is 1. The minimum Gasteiger partial charge on any atom is -0.492 e. The first kappa shape index (κ1) is 14.3. The first-order valence-electron chi connectivity index (χ1n) is 5.81. The highest BCUT2D eigenvalue weighted by Crippen LogP contribution is 2.12. The van der Waals surface area contributed by atoms with Crippen LogP contribution in [0.3, 0.4) is 0 Å². The molecule has 0 spiro atoms. The predicted octanol–water partition coefficient (Wildman–Crippen LogP) is 1.14. The molecule has 0 radical (unpaired) electrons. The van der Waals surface area contributed by atoms with Gasteiger partial charge >= 0.3 is 5.97 Å². The van der Waals surface area contributed by atoms with Gasteiger partial charge in [-0.1, -0.05) is 0 Å². The molecule has 0 aromatic heterocycles. The predicted molar refractivity (Wildman–Crippen MR) is 70.5 cm³/mol. The van der Waals surface area contributed by atoms with Crippen molar-refractivity contribution in [3.63, 3.8) is 0 Å². The molecule has 0 aliphatic rings. The number of nitrogens with zero attached hydrogens (tertiary/aromatic N) is 1. The van der Waals surface area contributed by atoms with Crippen LogP contribution in [0.5, 0.6) is 5.75 Å². The van der Waals surface area contributed by atoms with Gasteiger partial charge in [0.15, 0.2) is 0 Å².